The molecule has 1 aliphatic carbocycles. The minimum absolute atomic E-state index is 0. The SMILES string of the molecule is COc1ccccc1NC(N)=NCC(C1CCCCC1)N(C)C.I. The molecular formula is C18H31IN4O. The van der Waals surface area contributed by atoms with E-state index in [0.29, 0.717) is 12.0 Å². The fraction of sp³-hybridized carbons (Fsp3) is 0.611. The van der Waals surface area contributed by atoms with Crippen molar-refractivity contribution in [1.82, 2.24) is 4.90 Å². The van der Waals surface area contributed by atoms with Gasteiger partial charge in [0.05, 0.1) is 19.3 Å². The molecule has 1 saturated carbocycles. The summed E-state index contributed by atoms with van der Waals surface area (Å²) in [5.41, 5.74) is 6.92. The van der Waals surface area contributed by atoms with E-state index in [0.717, 1.165) is 23.9 Å². The molecule has 1 unspecified atom stereocenters. The van der Waals surface area contributed by atoms with E-state index in [4.69, 9.17) is 10.5 Å². The van der Waals surface area contributed by atoms with Crippen LogP contribution in [0.5, 0.6) is 5.75 Å². The van der Waals surface area contributed by atoms with Gasteiger partial charge >= 0.3 is 0 Å². The lowest BCUT2D eigenvalue weighted by Gasteiger charge is -2.33. The standard InChI is InChI=1S/C18H30N4O.HI/c1-22(2)16(14-9-5-4-6-10-14)13-20-18(19)21-15-11-7-8-12-17(15)23-3;/h7-8,11-12,14,16H,4-6,9-10,13H2,1-3H3,(H3,19,20,21);1H. The van der Waals surface area contributed by atoms with Crippen molar-refractivity contribution in [2.24, 2.45) is 16.6 Å². The number of aliphatic imine (C=N–C) groups is 1. The van der Waals surface area contributed by atoms with Crippen LogP contribution in [-0.4, -0.2) is 44.7 Å². The number of rotatable bonds is 6. The Kier molecular flexibility index (Phi) is 9.43. The van der Waals surface area contributed by atoms with Crippen LogP contribution >= 0.6 is 24.0 Å². The fourth-order valence-electron chi connectivity index (χ4n) is 3.37. The highest BCUT2D eigenvalue weighted by Crippen LogP contribution is 2.28. The quantitative estimate of drug-likeness (QED) is 0.399. The molecule has 3 N–H and O–H groups in total. The summed E-state index contributed by atoms with van der Waals surface area (Å²) in [6, 6.07) is 8.17. The molecule has 1 aromatic carbocycles. The number of hydrogen-bond donors (Lipinski definition) is 2. The van der Waals surface area contributed by atoms with E-state index in [1.165, 1.54) is 32.1 Å². The van der Waals surface area contributed by atoms with Gasteiger partial charge in [-0.05, 0) is 45.0 Å². The smallest absolute Gasteiger partial charge is 0.193 e. The number of nitrogens with one attached hydrogen (secondary N) is 1. The Bertz CT molecular complexity index is 515. The minimum atomic E-state index is 0. The molecule has 136 valence electrons. The third-order valence-corrected chi connectivity index (χ3v) is 4.68. The number of nitrogens with two attached hydrogens (primary N) is 1. The van der Waals surface area contributed by atoms with E-state index in [-0.39, 0.29) is 24.0 Å². The molecule has 0 aliphatic heterocycles. The molecule has 0 aromatic heterocycles. The van der Waals surface area contributed by atoms with Crippen molar-refractivity contribution in [2.45, 2.75) is 38.1 Å². The molecule has 0 radical (unpaired) electrons. The first-order valence-electron chi connectivity index (χ1n) is 8.48. The third kappa shape index (κ3) is 6.12. The summed E-state index contributed by atoms with van der Waals surface area (Å²) < 4.78 is 5.32. The van der Waals surface area contributed by atoms with Crippen LogP contribution in [0.15, 0.2) is 29.3 Å². The maximum atomic E-state index is 6.07. The van der Waals surface area contributed by atoms with Crippen LogP contribution < -0.4 is 15.8 Å². The Hall–Kier alpha value is -1.02. The van der Waals surface area contributed by atoms with Crippen LogP contribution in [0.3, 0.4) is 0 Å². The Morgan fingerprint density at radius 2 is 1.96 bits per heavy atom. The first-order chi connectivity index (χ1) is 11.1. The molecule has 5 nitrogen and oxygen atoms in total. The zero-order valence-corrected chi connectivity index (χ0v) is 17.3. The Balaban J connectivity index is 0.00000288. The van der Waals surface area contributed by atoms with E-state index in [9.17, 15) is 0 Å². The van der Waals surface area contributed by atoms with Crippen LogP contribution in [0, 0.1) is 5.92 Å². The highest BCUT2D eigenvalue weighted by Gasteiger charge is 2.25. The second-order valence-corrected chi connectivity index (χ2v) is 6.48. The molecule has 2 rings (SSSR count). The van der Waals surface area contributed by atoms with Gasteiger partial charge in [0.1, 0.15) is 5.75 Å². The van der Waals surface area contributed by atoms with Gasteiger partial charge in [-0.1, -0.05) is 31.4 Å². The van der Waals surface area contributed by atoms with E-state index >= 15 is 0 Å². The maximum absolute atomic E-state index is 6.07. The van der Waals surface area contributed by atoms with E-state index in [2.05, 4.69) is 29.3 Å². The molecule has 0 heterocycles. The van der Waals surface area contributed by atoms with Crippen molar-refractivity contribution < 1.29 is 4.74 Å². The summed E-state index contributed by atoms with van der Waals surface area (Å²) >= 11 is 0. The summed E-state index contributed by atoms with van der Waals surface area (Å²) in [6.07, 6.45) is 6.66. The lowest BCUT2D eigenvalue weighted by molar-refractivity contribution is 0.176. The zero-order valence-electron chi connectivity index (χ0n) is 15.0. The summed E-state index contributed by atoms with van der Waals surface area (Å²) in [4.78, 5) is 6.87. The van der Waals surface area contributed by atoms with Gasteiger partial charge < -0.3 is 20.7 Å². The first-order valence-corrected chi connectivity index (χ1v) is 8.48. The molecular weight excluding hydrogens is 415 g/mol. The molecule has 1 aromatic rings. The number of likely N-dealkylation sites (N-methyl/N-ethyl adjacent to an activating group) is 1. The average Bonchev–Trinajstić information content (AvgIpc) is 2.56. The minimum Gasteiger partial charge on any atom is -0.495 e. The predicted octanol–water partition coefficient (Wildman–Crippen LogP) is 3.55. The lowest BCUT2D eigenvalue weighted by Crippen LogP contribution is -2.39. The van der Waals surface area contributed by atoms with E-state index < -0.39 is 0 Å². The summed E-state index contributed by atoms with van der Waals surface area (Å²) in [5, 5.41) is 3.14. The van der Waals surface area contributed by atoms with Crippen molar-refractivity contribution in [2.75, 3.05) is 33.1 Å². The van der Waals surface area contributed by atoms with Gasteiger partial charge in [-0.3, -0.25) is 4.99 Å². The molecule has 0 spiro atoms. The van der Waals surface area contributed by atoms with Crippen molar-refractivity contribution in [3.63, 3.8) is 0 Å². The van der Waals surface area contributed by atoms with Crippen LogP contribution in [-0.2, 0) is 0 Å². The van der Waals surface area contributed by atoms with Gasteiger partial charge in [0, 0.05) is 6.04 Å². The van der Waals surface area contributed by atoms with Crippen molar-refractivity contribution in [3.05, 3.63) is 24.3 Å². The van der Waals surface area contributed by atoms with E-state index in [1.807, 2.05) is 24.3 Å². The van der Waals surface area contributed by atoms with Crippen LogP contribution in [0.1, 0.15) is 32.1 Å². The molecule has 0 saturated heterocycles. The number of hydrogen-bond acceptors (Lipinski definition) is 3. The first kappa shape index (κ1) is 21.0. The molecule has 1 aliphatic rings. The fourth-order valence-corrected chi connectivity index (χ4v) is 3.37. The van der Waals surface area contributed by atoms with Crippen molar-refractivity contribution in [3.8, 4) is 5.75 Å². The molecule has 1 atom stereocenters. The van der Waals surface area contributed by atoms with Crippen LogP contribution in [0.4, 0.5) is 5.69 Å². The van der Waals surface area contributed by atoms with Crippen molar-refractivity contribution in [1.29, 1.82) is 0 Å². The third-order valence-electron chi connectivity index (χ3n) is 4.68. The van der Waals surface area contributed by atoms with Gasteiger partial charge in [-0.15, -0.1) is 24.0 Å². The summed E-state index contributed by atoms with van der Waals surface area (Å²) in [6.45, 7) is 0.728. The number of benzene rings is 1. The Morgan fingerprint density at radius 1 is 1.29 bits per heavy atom. The average molecular weight is 446 g/mol. The largest absolute Gasteiger partial charge is 0.495 e. The second kappa shape index (κ2) is 10.8. The summed E-state index contributed by atoms with van der Waals surface area (Å²) in [7, 11) is 5.93. The number of guanidine groups is 1. The topological polar surface area (TPSA) is 62.9 Å². The Morgan fingerprint density at radius 3 is 2.58 bits per heavy atom. The molecule has 6 heteroatoms. The number of anilines is 1. The highest BCUT2D eigenvalue weighted by atomic mass is 127. The number of methoxy groups -OCH3 is 1. The molecule has 0 amide bonds. The van der Waals surface area contributed by atoms with Crippen LogP contribution in [0.25, 0.3) is 0 Å². The maximum Gasteiger partial charge on any atom is 0.193 e. The molecule has 1 fully saturated rings. The normalized spacial score (nSPS) is 17.2. The van der Waals surface area contributed by atoms with Gasteiger partial charge in [-0.25, -0.2) is 0 Å². The predicted molar refractivity (Wildman–Crippen MR) is 113 cm³/mol. The van der Waals surface area contributed by atoms with E-state index in [1.54, 1.807) is 7.11 Å². The Labute approximate surface area is 163 Å². The highest BCUT2D eigenvalue weighted by molar-refractivity contribution is 14.0. The van der Waals surface area contributed by atoms with Gasteiger partial charge in [0.25, 0.3) is 0 Å². The summed E-state index contributed by atoms with van der Waals surface area (Å²) in [5.74, 6) is 1.93. The van der Waals surface area contributed by atoms with Gasteiger partial charge in [0.15, 0.2) is 5.96 Å². The van der Waals surface area contributed by atoms with Gasteiger partial charge in [0.2, 0.25) is 0 Å². The lowest BCUT2D eigenvalue weighted by atomic mass is 9.83. The molecule has 0 bridgehead atoms. The number of nitrogens with zero attached hydrogens (tertiary/aromatic N) is 2. The number of para-hydroxylation sites is 2. The monoisotopic (exact) mass is 446 g/mol. The second-order valence-electron chi connectivity index (χ2n) is 6.48. The number of ether oxygens (including phenoxy) is 1. The van der Waals surface area contributed by atoms with Crippen molar-refractivity contribution >= 4 is 35.6 Å². The van der Waals surface area contributed by atoms with Crippen LogP contribution in [0.2, 0.25) is 0 Å². The van der Waals surface area contributed by atoms with Gasteiger partial charge in [-0.2, -0.15) is 0 Å². The zero-order chi connectivity index (χ0) is 16.7. The molecule has 24 heavy (non-hydrogen) atoms. The number of halogens is 1.